The highest BCUT2D eigenvalue weighted by molar-refractivity contribution is 5.94. The summed E-state index contributed by atoms with van der Waals surface area (Å²) in [6, 6.07) is 7.82. The summed E-state index contributed by atoms with van der Waals surface area (Å²) in [7, 11) is 0. The van der Waals surface area contributed by atoms with Crippen LogP contribution in [0.1, 0.15) is 43.5 Å². The molecule has 0 aromatic heterocycles. The van der Waals surface area contributed by atoms with Crippen molar-refractivity contribution in [2.24, 2.45) is 0 Å². The Morgan fingerprint density at radius 1 is 1.30 bits per heavy atom. The summed E-state index contributed by atoms with van der Waals surface area (Å²) in [5.41, 5.74) is 0.707. The number of terminal acetylenes is 1. The first kappa shape index (κ1) is 14.5. The Morgan fingerprint density at radius 2 is 1.90 bits per heavy atom. The van der Waals surface area contributed by atoms with Gasteiger partial charge in [-0.25, -0.2) is 0 Å². The lowest BCUT2D eigenvalue weighted by Crippen LogP contribution is -2.47. The van der Waals surface area contributed by atoms with Crippen molar-refractivity contribution in [3.8, 4) is 18.1 Å². The molecule has 3 nitrogen and oxygen atoms in total. The van der Waals surface area contributed by atoms with E-state index < -0.39 is 0 Å². The molecule has 1 amide bonds. The van der Waals surface area contributed by atoms with Crippen LogP contribution in [0.25, 0.3) is 0 Å². The topological polar surface area (TPSA) is 29.5 Å². The number of nitrogens with zero attached hydrogens (tertiary/aromatic N) is 1. The van der Waals surface area contributed by atoms with Crippen molar-refractivity contribution in [1.82, 2.24) is 4.90 Å². The monoisotopic (exact) mass is 271 g/mol. The molecular weight excluding hydrogens is 250 g/mol. The Labute approximate surface area is 120 Å². The molecule has 0 bridgehead atoms. The Balaban J connectivity index is 2.10. The van der Waals surface area contributed by atoms with Crippen molar-refractivity contribution < 1.29 is 9.53 Å². The second-order valence-electron chi connectivity index (χ2n) is 5.36. The van der Waals surface area contributed by atoms with Crippen LogP contribution in [0.4, 0.5) is 0 Å². The van der Waals surface area contributed by atoms with Gasteiger partial charge in [0.15, 0.2) is 0 Å². The fraction of sp³-hybridized carbons (Fsp3) is 0.471. The van der Waals surface area contributed by atoms with E-state index in [-0.39, 0.29) is 12.5 Å². The summed E-state index contributed by atoms with van der Waals surface area (Å²) >= 11 is 0. The van der Waals surface area contributed by atoms with E-state index in [1.807, 2.05) is 17.0 Å². The highest BCUT2D eigenvalue weighted by atomic mass is 16.5. The van der Waals surface area contributed by atoms with Crippen molar-refractivity contribution in [2.75, 3.05) is 6.61 Å². The van der Waals surface area contributed by atoms with Gasteiger partial charge in [-0.2, -0.15) is 0 Å². The van der Waals surface area contributed by atoms with Gasteiger partial charge in [0.2, 0.25) is 0 Å². The van der Waals surface area contributed by atoms with Crippen LogP contribution in [-0.2, 0) is 0 Å². The first-order chi connectivity index (χ1) is 9.63. The standard InChI is InChI=1S/C17H21NO2/c1-4-12-20-16-10-8-15(9-11-16)17(19)18-13(2)6-5-7-14(18)3/h1,8-11,13-14H,5-7,12H2,2-3H3/t13-,14+. The van der Waals surface area contributed by atoms with Gasteiger partial charge in [-0.05, 0) is 57.4 Å². The average Bonchev–Trinajstić information content (AvgIpc) is 2.45. The predicted molar refractivity (Wildman–Crippen MR) is 79.7 cm³/mol. The number of hydrogen-bond donors (Lipinski definition) is 0. The number of carbonyl (C=O) groups is 1. The molecule has 20 heavy (non-hydrogen) atoms. The van der Waals surface area contributed by atoms with Crippen LogP contribution in [0, 0.1) is 12.3 Å². The van der Waals surface area contributed by atoms with Crippen molar-refractivity contribution in [3.63, 3.8) is 0 Å². The van der Waals surface area contributed by atoms with E-state index >= 15 is 0 Å². The van der Waals surface area contributed by atoms with E-state index in [2.05, 4.69) is 19.8 Å². The normalized spacial score (nSPS) is 22.1. The van der Waals surface area contributed by atoms with Crippen LogP contribution < -0.4 is 4.74 Å². The molecule has 0 aliphatic carbocycles. The fourth-order valence-electron chi connectivity index (χ4n) is 2.79. The molecule has 1 fully saturated rings. The number of piperidine rings is 1. The summed E-state index contributed by atoms with van der Waals surface area (Å²) in [5.74, 6) is 3.22. The zero-order valence-electron chi connectivity index (χ0n) is 12.1. The molecule has 1 aliphatic heterocycles. The van der Waals surface area contributed by atoms with Gasteiger partial charge in [0, 0.05) is 17.6 Å². The van der Waals surface area contributed by atoms with Crippen LogP contribution in [0.2, 0.25) is 0 Å². The lowest BCUT2D eigenvalue weighted by atomic mass is 9.96. The molecule has 3 heteroatoms. The van der Waals surface area contributed by atoms with Crippen LogP contribution in [0.15, 0.2) is 24.3 Å². The molecule has 0 N–H and O–H groups in total. The molecular formula is C17H21NO2. The van der Waals surface area contributed by atoms with Gasteiger partial charge in [-0.15, -0.1) is 6.42 Å². The first-order valence-corrected chi connectivity index (χ1v) is 7.12. The minimum atomic E-state index is 0.105. The van der Waals surface area contributed by atoms with Gasteiger partial charge >= 0.3 is 0 Å². The quantitative estimate of drug-likeness (QED) is 0.791. The van der Waals surface area contributed by atoms with E-state index in [4.69, 9.17) is 11.2 Å². The van der Waals surface area contributed by atoms with Crippen molar-refractivity contribution in [2.45, 2.75) is 45.2 Å². The van der Waals surface area contributed by atoms with Gasteiger partial charge in [0.1, 0.15) is 12.4 Å². The van der Waals surface area contributed by atoms with Crippen LogP contribution in [-0.4, -0.2) is 29.5 Å². The van der Waals surface area contributed by atoms with Gasteiger partial charge in [0.05, 0.1) is 0 Å². The Bertz CT molecular complexity index is 491. The van der Waals surface area contributed by atoms with E-state index in [9.17, 15) is 4.79 Å². The molecule has 1 aromatic rings. The largest absolute Gasteiger partial charge is 0.481 e. The molecule has 0 unspecified atom stereocenters. The van der Waals surface area contributed by atoms with Crippen LogP contribution in [0.5, 0.6) is 5.75 Å². The molecule has 0 spiro atoms. The molecule has 0 saturated carbocycles. The molecule has 1 saturated heterocycles. The SMILES string of the molecule is C#CCOc1ccc(C(=O)N2[C@H](C)CCC[C@@H]2C)cc1. The second kappa shape index (κ2) is 6.47. The van der Waals surface area contributed by atoms with Gasteiger partial charge in [0.25, 0.3) is 5.91 Å². The number of amides is 1. The Morgan fingerprint density at radius 3 is 2.45 bits per heavy atom. The van der Waals surface area contributed by atoms with Crippen molar-refractivity contribution in [3.05, 3.63) is 29.8 Å². The molecule has 0 radical (unpaired) electrons. The third kappa shape index (κ3) is 3.14. The smallest absolute Gasteiger partial charge is 0.254 e. The van der Waals surface area contributed by atoms with Gasteiger partial charge in [-0.3, -0.25) is 4.79 Å². The number of carbonyl (C=O) groups excluding carboxylic acids is 1. The number of likely N-dealkylation sites (tertiary alicyclic amines) is 1. The molecule has 1 aliphatic rings. The zero-order chi connectivity index (χ0) is 14.5. The predicted octanol–water partition coefficient (Wildman–Crippen LogP) is 3.10. The summed E-state index contributed by atoms with van der Waals surface area (Å²) in [5, 5.41) is 0. The number of hydrogen-bond acceptors (Lipinski definition) is 2. The van der Waals surface area contributed by atoms with E-state index in [0.717, 1.165) is 12.8 Å². The van der Waals surface area contributed by atoms with E-state index in [1.165, 1.54) is 6.42 Å². The first-order valence-electron chi connectivity index (χ1n) is 7.12. The van der Waals surface area contributed by atoms with Crippen LogP contribution >= 0.6 is 0 Å². The van der Waals surface area contributed by atoms with Gasteiger partial charge < -0.3 is 9.64 Å². The lowest BCUT2D eigenvalue weighted by Gasteiger charge is -2.39. The minimum absolute atomic E-state index is 0.105. The highest BCUT2D eigenvalue weighted by Crippen LogP contribution is 2.25. The second-order valence-corrected chi connectivity index (χ2v) is 5.36. The zero-order valence-corrected chi connectivity index (χ0v) is 12.1. The van der Waals surface area contributed by atoms with Crippen molar-refractivity contribution in [1.29, 1.82) is 0 Å². The summed E-state index contributed by atoms with van der Waals surface area (Å²) in [6.07, 6.45) is 8.51. The Hall–Kier alpha value is -1.95. The number of ether oxygens (including phenoxy) is 1. The molecule has 1 aromatic carbocycles. The fourth-order valence-corrected chi connectivity index (χ4v) is 2.79. The van der Waals surface area contributed by atoms with E-state index in [1.54, 1.807) is 12.1 Å². The lowest BCUT2D eigenvalue weighted by molar-refractivity contribution is 0.0511. The van der Waals surface area contributed by atoms with Crippen LogP contribution in [0.3, 0.4) is 0 Å². The maximum absolute atomic E-state index is 12.6. The summed E-state index contributed by atoms with van der Waals surface area (Å²) in [6.45, 7) is 4.49. The molecule has 1 heterocycles. The molecule has 2 atom stereocenters. The maximum Gasteiger partial charge on any atom is 0.254 e. The number of benzene rings is 1. The minimum Gasteiger partial charge on any atom is -0.481 e. The third-order valence-electron chi connectivity index (χ3n) is 3.85. The van der Waals surface area contributed by atoms with Crippen molar-refractivity contribution >= 4 is 5.91 Å². The Kier molecular flexibility index (Phi) is 4.68. The molecule has 2 rings (SSSR count). The third-order valence-corrected chi connectivity index (χ3v) is 3.85. The summed E-state index contributed by atoms with van der Waals surface area (Å²) < 4.78 is 5.32. The maximum atomic E-state index is 12.6. The van der Waals surface area contributed by atoms with E-state index in [0.29, 0.717) is 23.4 Å². The summed E-state index contributed by atoms with van der Waals surface area (Å²) in [4.78, 5) is 14.6. The highest BCUT2D eigenvalue weighted by Gasteiger charge is 2.29. The average molecular weight is 271 g/mol. The molecule has 106 valence electrons. The van der Waals surface area contributed by atoms with Gasteiger partial charge in [-0.1, -0.05) is 5.92 Å². The number of rotatable bonds is 3.